The summed E-state index contributed by atoms with van der Waals surface area (Å²) in [7, 11) is 1.58. The molecule has 7 nitrogen and oxygen atoms in total. The largest absolute Gasteiger partial charge is 0.416 e. The van der Waals surface area contributed by atoms with Crippen LogP contribution in [0, 0.1) is 10.1 Å². The molecule has 0 unspecified atom stereocenters. The quantitative estimate of drug-likeness (QED) is 0.426. The summed E-state index contributed by atoms with van der Waals surface area (Å²) in [5, 5.41) is 14.2. The molecule has 1 aromatic heterocycles. The summed E-state index contributed by atoms with van der Waals surface area (Å²) in [6, 6.07) is 11.4. The third-order valence-corrected chi connectivity index (χ3v) is 4.32. The van der Waals surface area contributed by atoms with E-state index in [1.165, 1.54) is 4.90 Å². The highest BCUT2D eigenvalue weighted by Gasteiger charge is 2.32. The number of rotatable bonds is 5. The number of nitro groups is 1. The third kappa shape index (κ3) is 4.37. The van der Waals surface area contributed by atoms with Crippen molar-refractivity contribution in [3.63, 3.8) is 0 Å². The molecule has 0 spiro atoms. The van der Waals surface area contributed by atoms with Crippen molar-refractivity contribution in [2.45, 2.75) is 6.18 Å². The van der Waals surface area contributed by atoms with Gasteiger partial charge < -0.3 is 10.2 Å². The summed E-state index contributed by atoms with van der Waals surface area (Å²) in [5.74, 6) is -0.328. The fourth-order valence-corrected chi connectivity index (χ4v) is 2.74. The van der Waals surface area contributed by atoms with Gasteiger partial charge in [-0.05, 0) is 30.3 Å². The molecule has 0 aliphatic rings. The van der Waals surface area contributed by atoms with Crippen LogP contribution in [0.5, 0.6) is 0 Å². The van der Waals surface area contributed by atoms with Crippen molar-refractivity contribution in [2.24, 2.45) is 0 Å². The van der Waals surface area contributed by atoms with Gasteiger partial charge in [-0.3, -0.25) is 10.1 Å². The Labute approximate surface area is 167 Å². The van der Waals surface area contributed by atoms with Gasteiger partial charge >= 0.3 is 11.9 Å². The average molecular weight is 424 g/mol. The van der Waals surface area contributed by atoms with Crippen molar-refractivity contribution < 1.29 is 18.1 Å². The fraction of sp³-hybridized carbons (Fsp3) is 0.111. The number of hydrogen-bond acceptors (Lipinski definition) is 6. The molecule has 1 N–H and O–H groups in total. The molecule has 0 atom stereocenters. The Kier molecular flexibility index (Phi) is 5.55. The number of para-hydroxylation sites is 1. The van der Waals surface area contributed by atoms with Gasteiger partial charge in [0.05, 0.1) is 21.2 Å². The van der Waals surface area contributed by atoms with Crippen molar-refractivity contribution in [3.05, 3.63) is 75.6 Å². The lowest BCUT2D eigenvalue weighted by atomic mass is 10.2. The number of nitrogens with one attached hydrogen (secondary N) is 1. The molecule has 29 heavy (non-hydrogen) atoms. The molecule has 3 aromatic rings. The minimum absolute atomic E-state index is 0.0400. The second-order valence-electron chi connectivity index (χ2n) is 5.86. The fourth-order valence-electron chi connectivity index (χ4n) is 2.57. The lowest BCUT2D eigenvalue weighted by Gasteiger charge is -2.19. The van der Waals surface area contributed by atoms with Crippen molar-refractivity contribution in [1.29, 1.82) is 0 Å². The highest BCUT2D eigenvalue weighted by atomic mass is 35.5. The highest BCUT2D eigenvalue weighted by Crippen LogP contribution is 2.39. The molecular formula is C18H13ClF3N5O2. The second-order valence-corrected chi connectivity index (χ2v) is 6.27. The first kappa shape index (κ1) is 20.3. The van der Waals surface area contributed by atoms with Gasteiger partial charge in [0.2, 0.25) is 11.6 Å². The van der Waals surface area contributed by atoms with Crippen molar-refractivity contribution in [3.8, 4) is 0 Å². The zero-order valence-corrected chi connectivity index (χ0v) is 15.6. The van der Waals surface area contributed by atoms with Gasteiger partial charge in [-0.25, -0.2) is 9.97 Å². The van der Waals surface area contributed by atoms with E-state index in [0.717, 1.165) is 24.5 Å². The summed E-state index contributed by atoms with van der Waals surface area (Å²) in [5.41, 5.74) is -1.01. The molecule has 1 heterocycles. The van der Waals surface area contributed by atoms with E-state index in [1.807, 2.05) is 0 Å². The maximum absolute atomic E-state index is 13.0. The summed E-state index contributed by atoms with van der Waals surface area (Å²) < 4.78 is 39.0. The van der Waals surface area contributed by atoms with E-state index in [0.29, 0.717) is 5.69 Å². The van der Waals surface area contributed by atoms with Crippen LogP contribution in [0.1, 0.15) is 5.56 Å². The molecule has 0 radical (unpaired) electrons. The minimum Gasteiger partial charge on any atom is -0.333 e. The lowest BCUT2D eigenvalue weighted by Crippen LogP contribution is -2.15. The predicted molar refractivity (Wildman–Crippen MR) is 103 cm³/mol. The van der Waals surface area contributed by atoms with Crippen LogP contribution >= 0.6 is 11.6 Å². The summed E-state index contributed by atoms with van der Waals surface area (Å²) in [6.07, 6.45) is -3.52. The lowest BCUT2D eigenvalue weighted by molar-refractivity contribution is -0.383. The molecule has 0 bridgehead atoms. The first-order valence-electron chi connectivity index (χ1n) is 8.10. The molecule has 0 aliphatic carbocycles. The van der Waals surface area contributed by atoms with Gasteiger partial charge in [0.25, 0.3) is 0 Å². The van der Waals surface area contributed by atoms with Crippen LogP contribution in [0.2, 0.25) is 5.02 Å². The van der Waals surface area contributed by atoms with Crippen LogP contribution in [-0.4, -0.2) is 21.9 Å². The minimum atomic E-state index is -4.60. The number of benzene rings is 2. The third-order valence-electron chi connectivity index (χ3n) is 3.99. The van der Waals surface area contributed by atoms with Crippen molar-refractivity contribution >= 4 is 40.3 Å². The predicted octanol–water partition coefficient (Wildman–Crippen LogP) is 5.57. The number of alkyl halides is 3. The van der Waals surface area contributed by atoms with E-state index in [2.05, 4.69) is 15.3 Å². The van der Waals surface area contributed by atoms with Crippen LogP contribution in [0.15, 0.2) is 54.9 Å². The van der Waals surface area contributed by atoms with Crippen LogP contribution in [-0.2, 0) is 6.18 Å². The first-order chi connectivity index (χ1) is 13.7. The Morgan fingerprint density at radius 1 is 1.14 bits per heavy atom. The number of nitrogens with zero attached hydrogens (tertiary/aromatic N) is 4. The van der Waals surface area contributed by atoms with Gasteiger partial charge in [-0.15, -0.1) is 0 Å². The van der Waals surface area contributed by atoms with Gasteiger partial charge in [-0.1, -0.05) is 29.8 Å². The maximum Gasteiger partial charge on any atom is 0.416 e. The number of anilines is 4. The van der Waals surface area contributed by atoms with Crippen LogP contribution in [0.25, 0.3) is 0 Å². The van der Waals surface area contributed by atoms with Gasteiger partial charge in [-0.2, -0.15) is 13.2 Å². The molecule has 11 heteroatoms. The van der Waals surface area contributed by atoms with Gasteiger partial charge in [0, 0.05) is 12.7 Å². The average Bonchev–Trinajstić information content (AvgIpc) is 2.68. The number of halogens is 4. The first-order valence-corrected chi connectivity index (χ1v) is 8.48. The maximum atomic E-state index is 13.0. The summed E-state index contributed by atoms with van der Waals surface area (Å²) in [4.78, 5) is 20.3. The molecule has 0 aliphatic heterocycles. The Balaban J connectivity index is 2.07. The zero-order valence-electron chi connectivity index (χ0n) is 14.8. The van der Waals surface area contributed by atoms with E-state index in [1.54, 1.807) is 37.4 Å². The van der Waals surface area contributed by atoms with E-state index in [4.69, 9.17) is 11.6 Å². The number of hydrogen-bond donors (Lipinski definition) is 1. The Bertz CT molecular complexity index is 1050. The van der Waals surface area contributed by atoms with E-state index in [9.17, 15) is 23.3 Å². The smallest absolute Gasteiger partial charge is 0.333 e. The zero-order chi connectivity index (χ0) is 21.2. The van der Waals surface area contributed by atoms with E-state index >= 15 is 0 Å². The van der Waals surface area contributed by atoms with Crippen LogP contribution < -0.4 is 10.2 Å². The SMILES string of the molecule is CN(c1ccccc1)c1ncnc(Nc2cc(C(F)(F)F)ccc2Cl)c1[N+](=O)[O-]. The molecule has 0 saturated heterocycles. The molecule has 0 fully saturated rings. The highest BCUT2D eigenvalue weighted by molar-refractivity contribution is 6.33. The molecule has 150 valence electrons. The Morgan fingerprint density at radius 3 is 2.45 bits per heavy atom. The van der Waals surface area contributed by atoms with Gasteiger partial charge in [0.1, 0.15) is 6.33 Å². The van der Waals surface area contributed by atoms with Crippen molar-refractivity contribution in [2.75, 3.05) is 17.3 Å². The summed E-state index contributed by atoms with van der Waals surface area (Å²) in [6.45, 7) is 0. The van der Waals surface area contributed by atoms with Crippen LogP contribution in [0.4, 0.5) is 41.9 Å². The second kappa shape index (κ2) is 7.92. The molecule has 0 saturated carbocycles. The van der Waals surface area contributed by atoms with E-state index in [-0.39, 0.29) is 22.3 Å². The number of aromatic nitrogens is 2. The topological polar surface area (TPSA) is 84.2 Å². The summed E-state index contributed by atoms with van der Waals surface area (Å²) >= 11 is 5.97. The monoisotopic (exact) mass is 423 g/mol. The standard InChI is InChI=1S/C18H13ClF3N5O2/c1-26(12-5-3-2-4-6-12)17-15(27(28)29)16(23-10-24-17)25-14-9-11(18(20,21)22)7-8-13(14)19/h2-10H,1H3,(H,23,24,25). The van der Waals surface area contributed by atoms with Crippen LogP contribution in [0.3, 0.4) is 0 Å². The van der Waals surface area contributed by atoms with Gasteiger partial charge in [0.15, 0.2) is 0 Å². The molecular weight excluding hydrogens is 411 g/mol. The molecule has 2 aromatic carbocycles. The Morgan fingerprint density at radius 2 is 1.83 bits per heavy atom. The van der Waals surface area contributed by atoms with E-state index < -0.39 is 22.4 Å². The van der Waals surface area contributed by atoms with Crippen molar-refractivity contribution in [1.82, 2.24) is 9.97 Å². The molecule has 0 amide bonds. The molecule has 3 rings (SSSR count). The normalized spacial score (nSPS) is 11.2. The Hall–Kier alpha value is -3.40.